The summed E-state index contributed by atoms with van der Waals surface area (Å²) >= 11 is 0. The van der Waals surface area contributed by atoms with Crippen LogP contribution >= 0.6 is 0 Å². The van der Waals surface area contributed by atoms with Crippen LogP contribution < -0.4 is 10.2 Å². The maximum Gasteiger partial charge on any atom is 0.159 e. The molecule has 1 N–H and O–H groups in total. The minimum absolute atomic E-state index is 0.108. The van der Waals surface area contributed by atoms with Crippen LogP contribution in [0.5, 0.6) is 0 Å². The van der Waals surface area contributed by atoms with Crippen molar-refractivity contribution >= 4 is 11.5 Å². The van der Waals surface area contributed by atoms with Gasteiger partial charge in [0.05, 0.1) is 12.7 Å². The van der Waals surface area contributed by atoms with E-state index < -0.39 is 0 Å². The van der Waals surface area contributed by atoms with Crippen LogP contribution in [0.15, 0.2) is 24.3 Å². The van der Waals surface area contributed by atoms with E-state index in [0.717, 1.165) is 37.5 Å². The smallest absolute Gasteiger partial charge is 0.159 e. The molecular formula is C14H20N2O2. The number of nitrogens with one attached hydrogen (secondary N) is 1. The summed E-state index contributed by atoms with van der Waals surface area (Å²) in [6.45, 7) is 5.00. The number of anilines is 1. The molecule has 18 heavy (non-hydrogen) atoms. The van der Waals surface area contributed by atoms with Gasteiger partial charge in [0, 0.05) is 30.9 Å². The Morgan fingerprint density at radius 3 is 2.78 bits per heavy atom. The topological polar surface area (TPSA) is 41.6 Å². The van der Waals surface area contributed by atoms with Crippen molar-refractivity contribution < 1.29 is 9.53 Å². The number of benzene rings is 1. The highest BCUT2D eigenvalue weighted by atomic mass is 16.5. The number of hydrogen-bond donors (Lipinski definition) is 1. The summed E-state index contributed by atoms with van der Waals surface area (Å²) in [5.74, 6) is 0.108. The van der Waals surface area contributed by atoms with Crippen molar-refractivity contribution in [2.45, 2.75) is 13.0 Å². The largest absolute Gasteiger partial charge is 0.373 e. The Labute approximate surface area is 108 Å². The van der Waals surface area contributed by atoms with E-state index in [0.29, 0.717) is 0 Å². The lowest BCUT2D eigenvalue weighted by atomic mass is 10.1. The molecule has 0 bridgehead atoms. The lowest BCUT2D eigenvalue weighted by molar-refractivity contribution is 0.0422. The second kappa shape index (κ2) is 5.98. The van der Waals surface area contributed by atoms with E-state index in [1.807, 2.05) is 31.3 Å². The quantitative estimate of drug-likeness (QED) is 0.816. The molecule has 2 rings (SSSR count). The van der Waals surface area contributed by atoms with Gasteiger partial charge in [0.2, 0.25) is 0 Å². The summed E-state index contributed by atoms with van der Waals surface area (Å²) in [4.78, 5) is 13.5. The average molecular weight is 248 g/mol. The van der Waals surface area contributed by atoms with Crippen LogP contribution in [0.4, 0.5) is 5.69 Å². The molecule has 1 aromatic carbocycles. The van der Waals surface area contributed by atoms with Crippen molar-refractivity contribution in [3.05, 3.63) is 29.8 Å². The molecule has 1 atom stereocenters. The van der Waals surface area contributed by atoms with Gasteiger partial charge in [-0.25, -0.2) is 0 Å². The molecule has 1 aliphatic rings. The molecule has 0 amide bonds. The summed E-state index contributed by atoms with van der Waals surface area (Å²) in [6, 6.07) is 7.80. The molecule has 4 nitrogen and oxygen atoms in total. The number of ether oxygens (including phenoxy) is 1. The van der Waals surface area contributed by atoms with Crippen LogP contribution in [0.3, 0.4) is 0 Å². The number of carbonyl (C=O) groups excluding carboxylic acids is 1. The Kier molecular flexibility index (Phi) is 4.33. The zero-order valence-electron chi connectivity index (χ0n) is 11.0. The second-order valence-corrected chi connectivity index (χ2v) is 4.60. The summed E-state index contributed by atoms with van der Waals surface area (Å²) in [6.07, 6.45) is 0.233. The number of nitrogens with zero attached hydrogens (tertiary/aromatic N) is 1. The molecule has 1 aliphatic heterocycles. The third kappa shape index (κ3) is 3.09. The normalized spacial score (nSPS) is 19.9. The highest BCUT2D eigenvalue weighted by molar-refractivity contribution is 5.94. The monoisotopic (exact) mass is 248 g/mol. The maximum absolute atomic E-state index is 11.2. The minimum Gasteiger partial charge on any atom is -0.373 e. The van der Waals surface area contributed by atoms with Gasteiger partial charge >= 0.3 is 0 Å². The van der Waals surface area contributed by atoms with Crippen molar-refractivity contribution in [2.24, 2.45) is 0 Å². The first-order valence-corrected chi connectivity index (χ1v) is 6.33. The average Bonchev–Trinajstić information content (AvgIpc) is 2.39. The van der Waals surface area contributed by atoms with E-state index in [2.05, 4.69) is 10.2 Å². The van der Waals surface area contributed by atoms with E-state index >= 15 is 0 Å². The highest BCUT2D eigenvalue weighted by Crippen LogP contribution is 2.18. The first kappa shape index (κ1) is 13.1. The van der Waals surface area contributed by atoms with Gasteiger partial charge in [0.25, 0.3) is 0 Å². The molecule has 98 valence electrons. The Morgan fingerprint density at radius 1 is 1.44 bits per heavy atom. The Hall–Kier alpha value is -1.39. The van der Waals surface area contributed by atoms with Gasteiger partial charge in [-0.05, 0) is 38.2 Å². The molecule has 1 aromatic rings. The van der Waals surface area contributed by atoms with E-state index in [1.165, 1.54) is 0 Å². The van der Waals surface area contributed by atoms with Crippen LogP contribution in [0.25, 0.3) is 0 Å². The molecule has 1 unspecified atom stereocenters. The van der Waals surface area contributed by atoms with E-state index in [1.54, 1.807) is 6.92 Å². The first-order chi connectivity index (χ1) is 8.70. The van der Waals surface area contributed by atoms with Gasteiger partial charge in [0.15, 0.2) is 5.78 Å². The fourth-order valence-corrected chi connectivity index (χ4v) is 2.21. The van der Waals surface area contributed by atoms with Crippen LogP contribution in [-0.4, -0.2) is 45.2 Å². The molecule has 1 saturated heterocycles. The number of hydrogen-bond acceptors (Lipinski definition) is 4. The Balaban J connectivity index is 2.04. The van der Waals surface area contributed by atoms with Crippen molar-refractivity contribution in [3.8, 4) is 0 Å². The molecule has 1 heterocycles. The fourth-order valence-electron chi connectivity index (χ4n) is 2.21. The molecule has 1 fully saturated rings. The molecule has 0 radical (unpaired) electrons. The zero-order chi connectivity index (χ0) is 13.0. The molecule has 0 saturated carbocycles. The van der Waals surface area contributed by atoms with E-state index in [-0.39, 0.29) is 11.9 Å². The van der Waals surface area contributed by atoms with Crippen molar-refractivity contribution in [1.29, 1.82) is 0 Å². The number of Topliss-reactive ketones (excluding diaryl/α,β-unsaturated/α-hetero) is 1. The van der Waals surface area contributed by atoms with Gasteiger partial charge in [-0.15, -0.1) is 0 Å². The minimum atomic E-state index is 0.108. The summed E-state index contributed by atoms with van der Waals surface area (Å²) in [5, 5.41) is 3.14. The van der Waals surface area contributed by atoms with Crippen molar-refractivity contribution in [2.75, 3.05) is 38.2 Å². The fraction of sp³-hybridized carbons (Fsp3) is 0.500. The molecule has 0 aliphatic carbocycles. The summed E-state index contributed by atoms with van der Waals surface area (Å²) in [7, 11) is 1.93. The molecule has 4 heteroatoms. The number of carbonyl (C=O) groups is 1. The van der Waals surface area contributed by atoms with Gasteiger partial charge < -0.3 is 15.0 Å². The Morgan fingerprint density at radius 2 is 2.17 bits per heavy atom. The van der Waals surface area contributed by atoms with Crippen LogP contribution in [0.1, 0.15) is 17.3 Å². The zero-order valence-corrected chi connectivity index (χ0v) is 11.0. The SMILES string of the molecule is CNCC1CN(c2ccc(C(C)=O)cc2)CCO1. The predicted molar refractivity (Wildman–Crippen MR) is 72.3 cm³/mol. The highest BCUT2D eigenvalue weighted by Gasteiger charge is 2.19. The van der Waals surface area contributed by atoms with Gasteiger partial charge in [-0.1, -0.05) is 0 Å². The van der Waals surface area contributed by atoms with Gasteiger partial charge in [0.1, 0.15) is 0 Å². The number of ketones is 1. The standard InChI is InChI=1S/C14H20N2O2/c1-11(17)12-3-5-13(6-4-12)16-7-8-18-14(10-16)9-15-2/h3-6,14-15H,7-10H2,1-2H3. The number of morpholine rings is 1. The molecule has 0 spiro atoms. The number of likely N-dealkylation sites (N-methyl/N-ethyl adjacent to an activating group) is 1. The summed E-state index contributed by atoms with van der Waals surface area (Å²) < 4.78 is 5.67. The van der Waals surface area contributed by atoms with Crippen LogP contribution in [-0.2, 0) is 4.74 Å². The summed E-state index contributed by atoms with van der Waals surface area (Å²) in [5.41, 5.74) is 1.92. The maximum atomic E-state index is 11.2. The van der Waals surface area contributed by atoms with Crippen LogP contribution in [0, 0.1) is 0 Å². The lowest BCUT2D eigenvalue weighted by Crippen LogP contribution is -2.46. The second-order valence-electron chi connectivity index (χ2n) is 4.60. The number of rotatable bonds is 4. The third-order valence-electron chi connectivity index (χ3n) is 3.21. The van der Waals surface area contributed by atoms with Crippen molar-refractivity contribution in [1.82, 2.24) is 5.32 Å². The third-order valence-corrected chi connectivity index (χ3v) is 3.21. The van der Waals surface area contributed by atoms with E-state index in [9.17, 15) is 4.79 Å². The predicted octanol–water partition coefficient (Wildman–Crippen LogP) is 1.31. The van der Waals surface area contributed by atoms with E-state index in [4.69, 9.17) is 4.74 Å². The van der Waals surface area contributed by atoms with Crippen LogP contribution in [0.2, 0.25) is 0 Å². The Bertz CT molecular complexity index is 401. The molecular weight excluding hydrogens is 228 g/mol. The van der Waals surface area contributed by atoms with Crippen molar-refractivity contribution in [3.63, 3.8) is 0 Å². The van der Waals surface area contributed by atoms with Gasteiger partial charge in [-0.3, -0.25) is 4.79 Å². The lowest BCUT2D eigenvalue weighted by Gasteiger charge is -2.34. The van der Waals surface area contributed by atoms with Gasteiger partial charge in [-0.2, -0.15) is 0 Å². The first-order valence-electron chi connectivity index (χ1n) is 6.33. The molecule has 0 aromatic heterocycles.